The van der Waals surface area contributed by atoms with Gasteiger partial charge in [0.2, 0.25) is 5.91 Å². The Balaban J connectivity index is 2.01. The number of methoxy groups -OCH3 is 1. The topological polar surface area (TPSA) is 63.2 Å². The maximum absolute atomic E-state index is 12.0. The van der Waals surface area contributed by atoms with E-state index in [1.165, 1.54) is 6.08 Å². The summed E-state index contributed by atoms with van der Waals surface area (Å²) in [5.74, 6) is 0.837. The standard InChI is InChI=1S/C16H12Br2IN3O2S/c1-24-15-9(6-10(17)7-12(15)18)2-5-14(23)22-16(25)21-13-4-3-11(19)8-20-13/h2-8H,1H3,(H2,20,21,22,23,25). The van der Waals surface area contributed by atoms with E-state index in [1.807, 2.05) is 18.2 Å². The Hall–Kier alpha value is -1.04. The Bertz CT molecular complexity index is 829. The first kappa shape index (κ1) is 20.3. The molecule has 2 rings (SSSR count). The number of halogens is 3. The van der Waals surface area contributed by atoms with Crippen LogP contribution < -0.4 is 15.4 Å². The van der Waals surface area contributed by atoms with Gasteiger partial charge in [-0.05, 0) is 81.1 Å². The van der Waals surface area contributed by atoms with Crippen molar-refractivity contribution < 1.29 is 9.53 Å². The highest BCUT2D eigenvalue weighted by molar-refractivity contribution is 14.1. The summed E-state index contributed by atoms with van der Waals surface area (Å²) in [6.07, 6.45) is 4.73. The van der Waals surface area contributed by atoms with Gasteiger partial charge in [0.1, 0.15) is 11.6 Å². The fourth-order valence-electron chi connectivity index (χ4n) is 1.84. The zero-order valence-corrected chi connectivity index (χ0v) is 19.0. The van der Waals surface area contributed by atoms with Crippen LogP contribution in [0.15, 0.2) is 45.5 Å². The van der Waals surface area contributed by atoms with Gasteiger partial charge in [0.25, 0.3) is 0 Å². The zero-order chi connectivity index (χ0) is 18.4. The number of hydrogen-bond donors (Lipinski definition) is 2. The van der Waals surface area contributed by atoms with E-state index >= 15 is 0 Å². The minimum atomic E-state index is -0.360. The van der Waals surface area contributed by atoms with Crippen molar-refractivity contribution in [2.24, 2.45) is 0 Å². The van der Waals surface area contributed by atoms with E-state index < -0.39 is 0 Å². The molecule has 0 saturated carbocycles. The lowest BCUT2D eigenvalue weighted by Gasteiger charge is -2.09. The van der Waals surface area contributed by atoms with Gasteiger partial charge in [-0.2, -0.15) is 0 Å². The number of thiocarbonyl (C=S) groups is 1. The second-order valence-corrected chi connectivity index (χ2v) is 8.07. The Morgan fingerprint density at radius 1 is 1.36 bits per heavy atom. The van der Waals surface area contributed by atoms with Gasteiger partial charge in [-0.1, -0.05) is 15.9 Å². The van der Waals surface area contributed by atoms with Crippen molar-refractivity contribution in [2.75, 3.05) is 12.4 Å². The van der Waals surface area contributed by atoms with Crippen molar-refractivity contribution in [3.05, 3.63) is 54.6 Å². The summed E-state index contributed by atoms with van der Waals surface area (Å²) in [7, 11) is 1.57. The highest BCUT2D eigenvalue weighted by Crippen LogP contribution is 2.33. The third-order valence-corrected chi connectivity index (χ3v) is 4.75. The molecule has 0 aliphatic rings. The van der Waals surface area contributed by atoms with E-state index in [0.29, 0.717) is 11.6 Å². The molecule has 9 heteroatoms. The Morgan fingerprint density at radius 3 is 2.76 bits per heavy atom. The molecule has 0 spiro atoms. The second kappa shape index (κ2) is 9.60. The maximum atomic E-state index is 12.0. The molecule has 0 bridgehead atoms. The summed E-state index contributed by atoms with van der Waals surface area (Å²) < 4.78 is 7.99. The van der Waals surface area contributed by atoms with E-state index in [-0.39, 0.29) is 11.0 Å². The van der Waals surface area contributed by atoms with Crippen LogP contribution >= 0.6 is 66.7 Å². The van der Waals surface area contributed by atoms with E-state index in [2.05, 4.69) is 70.1 Å². The lowest BCUT2D eigenvalue weighted by atomic mass is 10.2. The number of nitrogens with one attached hydrogen (secondary N) is 2. The molecule has 0 aliphatic heterocycles. The van der Waals surface area contributed by atoms with Gasteiger partial charge in [0.05, 0.1) is 11.6 Å². The lowest BCUT2D eigenvalue weighted by molar-refractivity contribution is -0.115. The van der Waals surface area contributed by atoms with Crippen LogP contribution in [0.5, 0.6) is 5.75 Å². The van der Waals surface area contributed by atoms with Gasteiger partial charge >= 0.3 is 0 Å². The molecular formula is C16H12Br2IN3O2S. The van der Waals surface area contributed by atoms with Crippen LogP contribution in [-0.4, -0.2) is 23.1 Å². The number of anilines is 1. The van der Waals surface area contributed by atoms with Crippen LogP contribution in [0.3, 0.4) is 0 Å². The molecule has 1 amide bonds. The van der Waals surface area contributed by atoms with Crippen molar-refractivity contribution in [3.8, 4) is 5.75 Å². The van der Waals surface area contributed by atoms with Gasteiger partial charge in [-0.15, -0.1) is 0 Å². The van der Waals surface area contributed by atoms with E-state index in [1.54, 1.807) is 25.4 Å². The number of amides is 1. The summed E-state index contributed by atoms with van der Waals surface area (Å²) in [5, 5.41) is 5.59. The van der Waals surface area contributed by atoms with Crippen LogP contribution in [0.25, 0.3) is 6.08 Å². The Morgan fingerprint density at radius 2 is 2.12 bits per heavy atom. The second-order valence-electron chi connectivity index (χ2n) is 4.65. The average molecular weight is 597 g/mol. The number of pyridine rings is 1. The fraction of sp³-hybridized carbons (Fsp3) is 0.0625. The summed E-state index contributed by atoms with van der Waals surface area (Å²) in [5.41, 5.74) is 0.747. The van der Waals surface area contributed by atoms with Crippen LogP contribution in [-0.2, 0) is 4.79 Å². The first-order chi connectivity index (χ1) is 11.9. The lowest BCUT2D eigenvalue weighted by Crippen LogP contribution is -2.33. The largest absolute Gasteiger partial charge is 0.495 e. The molecule has 1 aromatic carbocycles. The molecule has 0 unspecified atom stereocenters. The number of carbonyl (C=O) groups is 1. The zero-order valence-electron chi connectivity index (χ0n) is 12.8. The third-order valence-electron chi connectivity index (χ3n) is 2.86. The molecule has 0 radical (unpaired) electrons. The normalized spacial score (nSPS) is 10.6. The quantitative estimate of drug-likeness (QED) is 0.303. The molecule has 0 saturated heterocycles. The van der Waals surface area contributed by atoms with Gasteiger partial charge in [0.15, 0.2) is 5.11 Å². The number of ether oxygens (including phenoxy) is 1. The molecule has 130 valence electrons. The van der Waals surface area contributed by atoms with Crippen molar-refractivity contribution in [2.45, 2.75) is 0 Å². The third kappa shape index (κ3) is 6.32. The first-order valence-electron chi connectivity index (χ1n) is 6.83. The average Bonchev–Trinajstić information content (AvgIpc) is 2.54. The van der Waals surface area contributed by atoms with Crippen molar-refractivity contribution in [3.63, 3.8) is 0 Å². The number of hydrogen-bond acceptors (Lipinski definition) is 4. The van der Waals surface area contributed by atoms with Crippen molar-refractivity contribution in [1.29, 1.82) is 0 Å². The first-order valence-corrected chi connectivity index (χ1v) is 9.91. The molecule has 1 aromatic heterocycles. The van der Waals surface area contributed by atoms with Crippen LogP contribution in [0, 0.1) is 3.57 Å². The highest BCUT2D eigenvalue weighted by Gasteiger charge is 2.08. The van der Waals surface area contributed by atoms with Crippen LogP contribution in [0.2, 0.25) is 0 Å². The SMILES string of the molecule is COc1c(Br)cc(Br)cc1C=CC(=O)NC(=S)Nc1ccc(I)cn1. The predicted octanol–water partition coefficient (Wildman–Crippen LogP) is 4.75. The van der Waals surface area contributed by atoms with Crippen molar-refractivity contribution >= 4 is 89.6 Å². The molecule has 1 heterocycles. The number of benzene rings is 1. The highest BCUT2D eigenvalue weighted by atomic mass is 127. The Kier molecular flexibility index (Phi) is 7.79. The molecule has 0 fully saturated rings. The summed E-state index contributed by atoms with van der Waals surface area (Å²) in [6.45, 7) is 0. The van der Waals surface area contributed by atoms with Crippen LogP contribution in [0.4, 0.5) is 5.82 Å². The smallest absolute Gasteiger partial charge is 0.250 e. The Labute approximate surface area is 181 Å². The number of rotatable bonds is 4. The monoisotopic (exact) mass is 595 g/mol. The van der Waals surface area contributed by atoms with E-state index in [0.717, 1.165) is 18.1 Å². The summed E-state index contributed by atoms with van der Waals surface area (Å²) in [6, 6.07) is 7.38. The van der Waals surface area contributed by atoms with Gasteiger partial charge in [0, 0.05) is 25.9 Å². The number of aromatic nitrogens is 1. The minimum Gasteiger partial charge on any atom is -0.495 e. The molecule has 2 aromatic rings. The van der Waals surface area contributed by atoms with Crippen molar-refractivity contribution in [1.82, 2.24) is 10.3 Å². The molecule has 0 aliphatic carbocycles. The van der Waals surface area contributed by atoms with Gasteiger partial charge in [-0.3, -0.25) is 10.1 Å². The van der Waals surface area contributed by atoms with E-state index in [9.17, 15) is 4.79 Å². The summed E-state index contributed by atoms with van der Waals surface area (Å²) in [4.78, 5) is 16.2. The van der Waals surface area contributed by atoms with Gasteiger partial charge < -0.3 is 10.1 Å². The maximum Gasteiger partial charge on any atom is 0.250 e. The summed E-state index contributed by atoms with van der Waals surface area (Å²) >= 11 is 14.1. The predicted molar refractivity (Wildman–Crippen MR) is 119 cm³/mol. The number of nitrogens with zero attached hydrogens (tertiary/aromatic N) is 1. The molecule has 25 heavy (non-hydrogen) atoms. The van der Waals surface area contributed by atoms with Crippen LogP contribution in [0.1, 0.15) is 5.56 Å². The molecule has 5 nitrogen and oxygen atoms in total. The fourth-order valence-corrected chi connectivity index (χ4v) is 3.78. The molecule has 2 N–H and O–H groups in total. The number of carbonyl (C=O) groups excluding carboxylic acids is 1. The van der Waals surface area contributed by atoms with Gasteiger partial charge in [-0.25, -0.2) is 4.98 Å². The molecule has 0 atom stereocenters. The molecular weight excluding hydrogens is 585 g/mol. The minimum absolute atomic E-state index is 0.172. The van der Waals surface area contributed by atoms with E-state index in [4.69, 9.17) is 17.0 Å².